The van der Waals surface area contributed by atoms with Crippen LogP contribution in [0.5, 0.6) is 0 Å². The quantitative estimate of drug-likeness (QED) is 0.901. The maximum Gasteiger partial charge on any atom is 0.123 e. The number of furan rings is 1. The van der Waals surface area contributed by atoms with Crippen LogP contribution in [0.1, 0.15) is 31.2 Å². The van der Waals surface area contributed by atoms with E-state index in [1.54, 1.807) is 6.26 Å². The topological polar surface area (TPSA) is 42.4 Å². The van der Waals surface area contributed by atoms with Gasteiger partial charge >= 0.3 is 0 Å². The van der Waals surface area contributed by atoms with Gasteiger partial charge in [-0.3, -0.25) is 0 Å². The molecule has 0 aliphatic rings. The second-order valence-electron chi connectivity index (χ2n) is 4.59. The van der Waals surface area contributed by atoms with Gasteiger partial charge in [0, 0.05) is 17.1 Å². The Labute approximate surface area is 122 Å². The summed E-state index contributed by atoms with van der Waals surface area (Å²) in [6.07, 6.45) is 1.71. The number of nitrogens with zero attached hydrogens (tertiary/aromatic N) is 1. The molecule has 0 bridgehead atoms. The number of rotatable bonds is 5. The molecule has 0 fully saturated rings. The third-order valence-electron chi connectivity index (χ3n) is 3.15. The smallest absolute Gasteiger partial charge is 0.123 e. The third kappa shape index (κ3) is 3.39. The summed E-state index contributed by atoms with van der Waals surface area (Å²) in [6, 6.07) is 10.2. The Kier molecular flexibility index (Phi) is 4.66. The molecule has 102 valence electrons. The van der Waals surface area contributed by atoms with Crippen molar-refractivity contribution >= 4 is 21.6 Å². The number of hydrogen-bond donors (Lipinski definition) is 1. The predicted octanol–water partition coefficient (Wildman–Crippen LogP) is 4.09. The third-order valence-corrected chi connectivity index (χ3v) is 3.78. The molecule has 0 unspecified atom stereocenters. The number of benzene rings is 1. The van der Waals surface area contributed by atoms with Crippen LogP contribution in [0, 0.1) is 0 Å². The van der Waals surface area contributed by atoms with E-state index in [0.29, 0.717) is 0 Å². The first-order valence-corrected chi connectivity index (χ1v) is 7.23. The fourth-order valence-electron chi connectivity index (χ4n) is 2.02. The largest absolute Gasteiger partial charge is 0.467 e. The van der Waals surface area contributed by atoms with Gasteiger partial charge in [-0.1, -0.05) is 6.07 Å². The van der Waals surface area contributed by atoms with Crippen molar-refractivity contribution in [3.63, 3.8) is 0 Å². The molecule has 0 radical (unpaired) electrons. The first kappa shape index (κ1) is 14.2. The summed E-state index contributed by atoms with van der Waals surface area (Å²) in [4.78, 5) is 2.26. The molecule has 2 rings (SSSR count). The number of halogens is 1. The van der Waals surface area contributed by atoms with Gasteiger partial charge in [-0.25, -0.2) is 0 Å². The van der Waals surface area contributed by atoms with Crippen molar-refractivity contribution in [1.82, 2.24) is 0 Å². The first-order chi connectivity index (χ1) is 9.11. The van der Waals surface area contributed by atoms with Crippen LogP contribution >= 0.6 is 15.9 Å². The Balaban J connectivity index is 2.23. The van der Waals surface area contributed by atoms with Crippen LogP contribution in [0.2, 0.25) is 0 Å². The van der Waals surface area contributed by atoms with E-state index in [0.717, 1.165) is 34.6 Å². The van der Waals surface area contributed by atoms with Crippen LogP contribution in [-0.4, -0.2) is 6.54 Å². The van der Waals surface area contributed by atoms with Gasteiger partial charge in [0.1, 0.15) is 5.76 Å². The zero-order valence-electron chi connectivity index (χ0n) is 11.3. The van der Waals surface area contributed by atoms with Gasteiger partial charge in [-0.15, -0.1) is 0 Å². The van der Waals surface area contributed by atoms with Crippen molar-refractivity contribution in [3.05, 3.63) is 52.4 Å². The molecule has 2 aromatic rings. The number of nitrogens with two attached hydrogens (primary N) is 1. The second-order valence-corrected chi connectivity index (χ2v) is 5.45. The summed E-state index contributed by atoms with van der Waals surface area (Å²) < 4.78 is 6.48. The lowest BCUT2D eigenvalue weighted by molar-refractivity contribution is 0.503. The first-order valence-electron chi connectivity index (χ1n) is 6.44. The van der Waals surface area contributed by atoms with E-state index in [9.17, 15) is 0 Å². The molecule has 3 nitrogen and oxygen atoms in total. The Morgan fingerprint density at radius 3 is 2.68 bits per heavy atom. The van der Waals surface area contributed by atoms with Crippen molar-refractivity contribution < 1.29 is 4.42 Å². The van der Waals surface area contributed by atoms with E-state index in [1.807, 2.05) is 19.1 Å². The van der Waals surface area contributed by atoms with Crippen LogP contribution in [0.15, 0.2) is 45.5 Å². The van der Waals surface area contributed by atoms with Gasteiger partial charge in [0.25, 0.3) is 0 Å². The number of anilines is 1. The van der Waals surface area contributed by atoms with E-state index in [-0.39, 0.29) is 6.04 Å². The second kappa shape index (κ2) is 6.26. The molecule has 0 saturated heterocycles. The van der Waals surface area contributed by atoms with E-state index < -0.39 is 0 Å². The van der Waals surface area contributed by atoms with Gasteiger partial charge in [-0.2, -0.15) is 0 Å². The summed E-state index contributed by atoms with van der Waals surface area (Å²) in [6.45, 7) is 5.80. The van der Waals surface area contributed by atoms with Crippen molar-refractivity contribution in [2.75, 3.05) is 11.4 Å². The number of hydrogen-bond acceptors (Lipinski definition) is 3. The summed E-state index contributed by atoms with van der Waals surface area (Å²) in [5.74, 6) is 0.963. The standard InChI is InChI=1S/C15H19BrN2O/c1-3-18(10-13-5-4-8-19-13)15-7-6-12(11(2)17)9-14(15)16/h4-9,11H,3,10,17H2,1-2H3/t11-/m0/s1. The summed E-state index contributed by atoms with van der Waals surface area (Å²) in [7, 11) is 0. The molecule has 1 aromatic carbocycles. The molecule has 1 heterocycles. The van der Waals surface area contributed by atoms with E-state index in [2.05, 4.69) is 46.0 Å². The highest BCUT2D eigenvalue weighted by atomic mass is 79.9. The van der Waals surface area contributed by atoms with Gasteiger partial charge in [-0.05, 0) is 59.6 Å². The van der Waals surface area contributed by atoms with Gasteiger partial charge in [0.05, 0.1) is 18.5 Å². The normalized spacial score (nSPS) is 12.4. The zero-order valence-corrected chi connectivity index (χ0v) is 12.9. The minimum Gasteiger partial charge on any atom is -0.467 e. The lowest BCUT2D eigenvalue weighted by atomic mass is 10.1. The fourth-order valence-corrected chi connectivity index (χ4v) is 2.67. The maximum atomic E-state index is 5.90. The molecule has 0 aliphatic heterocycles. The Morgan fingerprint density at radius 1 is 1.37 bits per heavy atom. The van der Waals surface area contributed by atoms with Crippen LogP contribution < -0.4 is 10.6 Å². The Morgan fingerprint density at radius 2 is 2.16 bits per heavy atom. The molecule has 0 saturated carbocycles. The van der Waals surface area contributed by atoms with E-state index in [1.165, 1.54) is 0 Å². The lowest BCUT2D eigenvalue weighted by Gasteiger charge is -2.24. The zero-order chi connectivity index (χ0) is 13.8. The average molecular weight is 323 g/mol. The molecule has 0 amide bonds. The monoisotopic (exact) mass is 322 g/mol. The maximum absolute atomic E-state index is 5.90. The molecule has 19 heavy (non-hydrogen) atoms. The molecule has 1 atom stereocenters. The van der Waals surface area contributed by atoms with Gasteiger partial charge in [0.2, 0.25) is 0 Å². The molecule has 2 N–H and O–H groups in total. The molecular formula is C15H19BrN2O. The van der Waals surface area contributed by atoms with E-state index in [4.69, 9.17) is 10.2 Å². The summed E-state index contributed by atoms with van der Waals surface area (Å²) in [5, 5.41) is 0. The molecule has 0 spiro atoms. The highest BCUT2D eigenvalue weighted by molar-refractivity contribution is 9.10. The SMILES string of the molecule is CCN(Cc1ccco1)c1ccc([C@H](C)N)cc1Br. The minimum absolute atomic E-state index is 0.0468. The highest BCUT2D eigenvalue weighted by Gasteiger charge is 2.12. The Bertz CT molecular complexity index is 523. The van der Waals surface area contributed by atoms with Crippen LogP contribution in [0.25, 0.3) is 0 Å². The average Bonchev–Trinajstić information content (AvgIpc) is 2.89. The summed E-state index contributed by atoms with van der Waals surface area (Å²) in [5.41, 5.74) is 8.19. The van der Waals surface area contributed by atoms with Crippen molar-refractivity contribution in [2.45, 2.75) is 26.4 Å². The molecular weight excluding hydrogens is 304 g/mol. The van der Waals surface area contributed by atoms with Crippen molar-refractivity contribution in [2.24, 2.45) is 5.73 Å². The molecule has 0 aliphatic carbocycles. The van der Waals surface area contributed by atoms with Crippen LogP contribution in [0.3, 0.4) is 0 Å². The van der Waals surface area contributed by atoms with Crippen LogP contribution in [-0.2, 0) is 6.54 Å². The van der Waals surface area contributed by atoms with Crippen molar-refractivity contribution in [3.8, 4) is 0 Å². The lowest BCUT2D eigenvalue weighted by Crippen LogP contribution is -2.22. The van der Waals surface area contributed by atoms with Crippen molar-refractivity contribution in [1.29, 1.82) is 0 Å². The highest BCUT2D eigenvalue weighted by Crippen LogP contribution is 2.30. The van der Waals surface area contributed by atoms with Gasteiger partial charge in [0.15, 0.2) is 0 Å². The molecule has 4 heteroatoms. The Hall–Kier alpha value is -1.26. The summed E-state index contributed by atoms with van der Waals surface area (Å²) >= 11 is 3.63. The van der Waals surface area contributed by atoms with Gasteiger partial charge < -0.3 is 15.1 Å². The van der Waals surface area contributed by atoms with Crippen LogP contribution in [0.4, 0.5) is 5.69 Å². The van der Waals surface area contributed by atoms with E-state index >= 15 is 0 Å². The molecule has 1 aromatic heterocycles. The fraction of sp³-hybridized carbons (Fsp3) is 0.333. The minimum atomic E-state index is 0.0468. The predicted molar refractivity (Wildman–Crippen MR) is 82.2 cm³/mol.